The highest BCUT2D eigenvalue weighted by Crippen LogP contribution is 2.40. The molecule has 0 atom stereocenters. The van der Waals surface area contributed by atoms with E-state index >= 15 is 0 Å². The van der Waals surface area contributed by atoms with Gasteiger partial charge in [0.05, 0.1) is 4.47 Å². The first-order valence-corrected chi connectivity index (χ1v) is 5.93. The standard InChI is InChI=1S/C11H5BrF8O/c12-5-1-2-6(13)4(8(5)14)3-7(21)9(10(15,16)17)11(18,19)20/h1-2,9H,3H2. The molecule has 0 N–H and O–H groups in total. The van der Waals surface area contributed by atoms with Crippen LogP contribution in [0, 0.1) is 17.6 Å². The molecule has 0 aliphatic heterocycles. The van der Waals surface area contributed by atoms with Gasteiger partial charge >= 0.3 is 12.4 Å². The van der Waals surface area contributed by atoms with Crippen LogP contribution >= 0.6 is 15.9 Å². The SMILES string of the molecule is O=C(Cc1c(F)ccc(Br)c1F)C(C(F)(F)F)C(F)(F)F. The Balaban J connectivity index is 3.18. The average Bonchev–Trinajstić information content (AvgIpc) is 2.25. The molecule has 0 unspecified atom stereocenters. The van der Waals surface area contributed by atoms with Gasteiger partial charge in [0, 0.05) is 12.0 Å². The number of benzene rings is 1. The van der Waals surface area contributed by atoms with E-state index in [9.17, 15) is 39.9 Å². The van der Waals surface area contributed by atoms with Gasteiger partial charge in [-0.1, -0.05) is 0 Å². The molecule has 21 heavy (non-hydrogen) atoms. The van der Waals surface area contributed by atoms with E-state index in [2.05, 4.69) is 15.9 Å². The maximum Gasteiger partial charge on any atom is 0.407 e. The molecule has 0 heterocycles. The monoisotopic (exact) mass is 384 g/mol. The summed E-state index contributed by atoms with van der Waals surface area (Å²) in [4.78, 5) is 11.2. The summed E-state index contributed by atoms with van der Waals surface area (Å²) in [5.41, 5.74) is -1.16. The Hall–Kier alpha value is -1.19. The van der Waals surface area contributed by atoms with Gasteiger partial charge in [0.15, 0.2) is 5.78 Å². The Morgan fingerprint density at radius 3 is 1.95 bits per heavy atom. The third-order valence-corrected chi connectivity index (χ3v) is 3.08. The zero-order valence-corrected chi connectivity index (χ0v) is 11.3. The number of halogens is 9. The minimum absolute atomic E-state index is 0.387. The highest BCUT2D eigenvalue weighted by Gasteiger charge is 2.60. The van der Waals surface area contributed by atoms with Crippen molar-refractivity contribution in [3.05, 3.63) is 33.8 Å². The number of carbonyl (C=O) groups excluding carboxylic acids is 1. The lowest BCUT2D eigenvalue weighted by atomic mass is 9.96. The molecule has 0 aliphatic rings. The van der Waals surface area contributed by atoms with Crippen LogP contribution in [0.4, 0.5) is 35.1 Å². The molecule has 1 aromatic carbocycles. The molecule has 0 bridgehead atoms. The minimum Gasteiger partial charge on any atom is -0.298 e. The molecule has 10 heteroatoms. The van der Waals surface area contributed by atoms with Crippen molar-refractivity contribution >= 4 is 21.7 Å². The number of rotatable bonds is 3. The summed E-state index contributed by atoms with van der Waals surface area (Å²) in [6.07, 6.45) is -13.5. The minimum atomic E-state index is -5.89. The Morgan fingerprint density at radius 2 is 1.52 bits per heavy atom. The molecule has 0 aromatic heterocycles. The smallest absolute Gasteiger partial charge is 0.298 e. The topological polar surface area (TPSA) is 17.1 Å². The lowest BCUT2D eigenvalue weighted by Crippen LogP contribution is -2.43. The molecule has 0 spiro atoms. The van der Waals surface area contributed by atoms with Crippen molar-refractivity contribution in [1.29, 1.82) is 0 Å². The summed E-state index contributed by atoms with van der Waals surface area (Å²) in [5.74, 6) is -9.51. The average molecular weight is 385 g/mol. The molecule has 0 fully saturated rings. The zero-order chi connectivity index (χ0) is 16.6. The number of alkyl halides is 6. The van der Waals surface area contributed by atoms with Crippen molar-refractivity contribution in [3.8, 4) is 0 Å². The molecule has 1 aromatic rings. The van der Waals surface area contributed by atoms with Crippen molar-refractivity contribution in [2.75, 3.05) is 0 Å². The molecule has 1 rings (SSSR count). The predicted molar refractivity (Wildman–Crippen MR) is 58.4 cm³/mol. The maximum atomic E-state index is 13.5. The Bertz CT molecular complexity index is 534. The normalized spacial score (nSPS) is 12.9. The second-order valence-corrected chi connectivity index (χ2v) is 4.84. The fourth-order valence-corrected chi connectivity index (χ4v) is 1.93. The van der Waals surface area contributed by atoms with Gasteiger partial charge in [0.1, 0.15) is 11.6 Å². The second-order valence-electron chi connectivity index (χ2n) is 3.98. The number of hydrogen-bond acceptors (Lipinski definition) is 1. The number of ketones is 1. The number of Topliss-reactive ketones (excluding diaryl/α,β-unsaturated/α-hetero) is 1. The lowest BCUT2D eigenvalue weighted by molar-refractivity contribution is -0.273. The molecule has 0 saturated carbocycles. The number of carbonyl (C=O) groups is 1. The van der Waals surface area contributed by atoms with E-state index in [1.807, 2.05) is 0 Å². The molecule has 0 radical (unpaired) electrons. The van der Waals surface area contributed by atoms with E-state index in [4.69, 9.17) is 0 Å². The van der Waals surface area contributed by atoms with Gasteiger partial charge in [-0.25, -0.2) is 8.78 Å². The van der Waals surface area contributed by atoms with Crippen LogP contribution in [0.5, 0.6) is 0 Å². The van der Waals surface area contributed by atoms with Gasteiger partial charge in [0.2, 0.25) is 5.92 Å². The van der Waals surface area contributed by atoms with Gasteiger partial charge in [-0.15, -0.1) is 0 Å². The number of hydrogen-bond donors (Lipinski definition) is 0. The van der Waals surface area contributed by atoms with E-state index in [0.717, 1.165) is 6.07 Å². The Morgan fingerprint density at radius 1 is 1.05 bits per heavy atom. The summed E-state index contributed by atoms with van der Waals surface area (Å²) >= 11 is 2.59. The van der Waals surface area contributed by atoms with E-state index in [-0.39, 0.29) is 4.47 Å². The summed E-state index contributed by atoms with van der Waals surface area (Å²) in [7, 11) is 0. The summed E-state index contributed by atoms with van der Waals surface area (Å²) < 4.78 is 100. The van der Waals surface area contributed by atoms with Gasteiger partial charge in [-0.05, 0) is 28.1 Å². The summed E-state index contributed by atoms with van der Waals surface area (Å²) in [5, 5.41) is 0. The van der Waals surface area contributed by atoms with Crippen LogP contribution in [-0.4, -0.2) is 18.1 Å². The summed E-state index contributed by atoms with van der Waals surface area (Å²) in [6.45, 7) is 0. The first-order valence-electron chi connectivity index (χ1n) is 5.14. The zero-order valence-electron chi connectivity index (χ0n) is 9.75. The quantitative estimate of drug-likeness (QED) is 0.550. The third-order valence-electron chi connectivity index (χ3n) is 2.47. The van der Waals surface area contributed by atoms with Crippen LogP contribution < -0.4 is 0 Å². The molecule has 0 amide bonds. The molecule has 0 aliphatic carbocycles. The van der Waals surface area contributed by atoms with E-state index in [0.29, 0.717) is 6.07 Å². The summed E-state index contributed by atoms with van der Waals surface area (Å²) in [6, 6.07) is 1.48. The molecule has 0 saturated heterocycles. The Labute approximate surface area is 121 Å². The largest absolute Gasteiger partial charge is 0.407 e. The van der Waals surface area contributed by atoms with Crippen LogP contribution in [0.2, 0.25) is 0 Å². The van der Waals surface area contributed by atoms with Crippen LogP contribution in [0.1, 0.15) is 5.56 Å². The van der Waals surface area contributed by atoms with Crippen molar-refractivity contribution < 1.29 is 39.9 Å². The Kier molecular flexibility index (Phi) is 5.01. The van der Waals surface area contributed by atoms with Crippen molar-refractivity contribution in [3.63, 3.8) is 0 Å². The first-order chi connectivity index (χ1) is 9.35. The second kappa shape index (κ2) is 5.90. The van der Waals surface area contributed by atoms with Gasteiger partial charge in [0.25, 0.3) is 0 Å². The molecular formula is C11H5BrF8O. The molecule has 1 nitrogen and oxygen atoms in total. The first kappa shape index (κ1) is 17.9. The van der Waals surface area contributed by atoms with Crippen LogP contribution in [0.3, 0.4) is 0 Å². The van der Waals surface area contributed by atoms with E-state index in [1.165, 1.54) is 0 Å². The molecule has 118 valence electrons. The van der Waals surface area contributed by atoms with Crippen molar-refractivity contribution in [1.82, 2.24) is 0 Å². The van der Waals surface area contributed by atoms with Crippen molar-refractivity contribution in [2.24, 2.45) is 5.92 Å². The van der Waals surface area contributed by atoms with Crippen molar-refractivity contribution in [2.45, 2.75) is 18.8 Å². The van der Waals surface area contributed by atoms with E-state index < -0.39 is 47.7 Å². The van der Waals surface area contributed by atoms with Crippen LogP contribution in [-0.2, 0) is 11.2 Å². The molecular weight excluding hydrogens is 380 g/mol. The highest BCUT2D eigenvalue weighted by atomic mass is 79.9. The van der Waals surface area contributed by atoms with Crippen LogP contribution in [0.15, 0.2) is 16.6 Å². The van der Waals surface area contributed by atoms with Gasteiger partial charge in [-0.3, -0.25) is 4.79 Å². The van der Waals surface area contributed by atoms with Crippen LogP contribution in [0.25, 0.3) is 0 Å². The fourth-order valence-electron chi connectivity index (χ4n) is 1.56. The lowest BCUT2D eigenvalue weighted by Gasteiger charge is -2.21. The highest BCUT2D eigenvalue weighted by molar-refractivity contribution is 9.10. The predicted octanol–water partition coefficient (Wildman–Crippen LogP) is 4.58. The fraction of sp³-hybridized carbons (Fsp3) is 0.364. The third kappa shape index (κ3) is 4.14. The van der Waals surface area contributed by atoms with E-state index in [1.54, 1.807) is 0 Å². The van der Waals surface area contributed by atoms with Gasteiger partial charge in [-0.2, -0.15) is 26.3 Å². The van der Waals surface area contributed by atoms with Gasteiger partial charge < -0.3 is 0 Å². The maximum absolute atomic E-state index is 13.5.